The van der Waals surface area contributed by atoms with Crippen LogP contribution in [0.2, 0.25) is 0 Å². The third kappa shape index (κ3) is 2.95. The number of hydrogen-bond donors (Lipinski definition) is 0. The minimum atomic E-state index is -0.732. The second kappa shape index (κ2) is 5.70. The predicted octanol–water partition coefficient (Wildman–Crippen LogP) is 1.22. The molecule has 0 unspecified atom stereocenters. The molecule has 0 heterocycles. The summed E-state index contributed by atoms with van der Waals surface area (Å²) < 4.78 is 8.97. The van der Waals surface area contributed by atoms with Crippen LogP contribution in [0.5, 0.6) is 0 Å². The summed E-state index contributed by atoms with van der Waals surface area (Å²) in [7, 11) is 2.40. The number of carbonyl (C=O) groups excluding carboxylic acids is 2. The van der Waals surface area contributed by atoms with Crippen LogP contribution in [0.15, 0.2) is 29.8 Å². The van der Waals surface area contributed by atoms with Crippen molar-refractivity contribution >= 4 is 18.0 Å². The average molecular weight is 219 g/mol. The van der Waals surface area contributed by atoms with Gasteiger partial charge in [-0.15, -0.1) is 0 Å². The third-order valence-corrected chi connectivity index (χ3v) is 1.84. The summed E-state index contributed by atoms with van der Waals surface area (Å²) in [5.41, 5.74) is 0.445. The Morgan fingerprint density at radius 3 is 2.25 bits per heavy atom. The predicted molar refractivity (Wildman–Crippen MR) is 57.3 cm³/mol. The van der Waals surface area contributed by atoms with Gasteiger partial charge in [0, 0.05) is 0 Å². The standard InChI is InChI=1S/C12H11O4/c1-15-11(13)10(12(14)16-2)8-9-6-4-3-5-7-9/h3-6,8H,1-2H3. The molecule has 0 fully saturated rings. The lowest BCUT2D eigenvalue weighted by Crippen LogP contribution is -2.15. The highest BCUT2D eigenvalue weighted by Gasteiger charge is 2.19. The highest BCUT2D eigenvalue weighted by molar-refractivity contribution is 6.17. The first-order valence-electron chi connectivity index (χ1n) is 4.54. The molecule has 0 amide bonds. The Morgan fingerprint density at radius 2 is 1.81 bits per heavy atom. The van der Waals surface area contributed by atoms with Crippen molar-refractivity contribution in [2.24, 2.45) is 0 Å². The van der Waals surface area contributed by atoms with Crippen LogP contribution in [0, 0.1) is 6.07 Å². The second-order valence-corrected chi connectivity index (χ2v) is 2.86. The molecule has 0 aliphatic heterocycles. The molecular formula is C12H11O4. The van der Waals surface area contributed by atoms with Crippen LogP contribution in [0.4, 0.5) is 0 Å². The smallest absolute Gasteiger partial charge is 0.345 e. The van der Waals surface area contributed by atoms with Crippen LogP contribution in [-0.2, 0) is 19.1 Å². The van der Waals surface area contributed by atoms with Gasteiger partial charge in [0.1, 0.15) is 5.57 Å². The number of rotatable bonds is 3. The zero-order chi connectivity index (χ0) is 12.0. The summed E-state index contributed by atoms with van der Waals surface area (Å²) in [6.45, 7) is 0. The lowest BCUT2D eigenvalue weighted by Gasteiger charge is -2.02. The van der Waals surface area contributed by atoms with E-state index >= 15 is 0 Å². The molecule has 0 saturated heterocycles. The minimum Gasteiger partial charge on any atom is -0.465 e. The van der Waals surface area contributed by atoms with E-state index < -0.39 is 11.9 Å². The topological polar surface area (TPSA) is 52.6 Å². The molecular weight excluding hydrogens is 208 g/mol. The minimum absolute atomic E-state index is 0.160. The Bertz CT molecular complexity index is 388. The van der Waals surface area contributed by atoms with Gasteiger partial charge in [0.25, 0.3) is 0 Å². The van der Waals surface area contributed by atoms with Gasteiger partial charge in [-0.05, 0) is 17.7 Å². The van der Waals surface area contributed by atoms with Gasteiger partial charge in [-0.3, -0.25) is 0 Å². The molecule has 0 bridgehead atoms. The van der Waals surface area contributed by atoms with Gasteiger partial charge in [-0.2, -0.15) is 0 Å². The largest absolute Gasteiger partial charge is 0.465 e. The average Bonchev–Trinajstić information content (AvgIpc) is 2.35. The van der Waals surface area contributed by atoms with Crippen molar-refractivity contribution in [3.63, 3.8) is 0 Å². The van der Waals surface area contributed by atoms with Gasteiger partial charge in [-0.25, -0.2) is 9.59 Å². The van der Waals surface area contributed by atoms with Gasteiger partial charge >= 0.3 is 11.9 Å². The maximum absolute atomic E-state index is 11.3. The van der Waals surface area contributed by atoms with Crippen LogP contribution >= 0.6 is 0 Å². The van der Waals surface area contributed by atoms with Crippen molar-refractivity contribution in [1.82, 2.24) is 0 Å². The maximum Gasteiger partial charge on any atom is 0.345 e. The molecule has 0 aromatic heterocycles. The lowest BCUT2D eigenvalue weighted by molar-refractivity contribution is -0.143. The number of carbonyl (C=O) groups is 2. The van der Waals surface area contributed by atoms with E-state index in [1.54, 1.807) is 24.3 Å². The van der Waals surface area contributed by atoms with Crippen LogP contribution in [-0.4, -0.2) is 26.2 Å². The first kappa shape index (κ1) is 12.0. The Labute approximate surface area is 93.5 Å². The van der Waals surface area contributed by atoms with Crippen molar-refractivity contribution in [3.8, 4) is 0 Å². The normalized spacial score (nSPS) is 9.12. The van der Waals surface area contributed by atoms with Crippen LogP contribution in [0.1, 0.15) is 5.56 Å². The quantitative estimate of drug-likeness (QED) is 0.332. The molecule has 0 aliphatic rings. The summed E-state index contributed by atoms with van der Waals surface area (Å²) in [5.74, 6) is -1.46. The molecule has 0 saturated carbocycles. The third-order valence-electron chi connectivity index (χ3n) is 1.84. The fraction of sp³-hybridized carbons (Fsp3) is 0.167. The Kier molecular flexibility index (Phi) is 4.27. The van der Waals surface area contributed by atoms with Gasteiger partial charge < -0.3 is 9.47 Å². The fourth-order valence-electron chi connectivity index (χ4n) is 1.07. The summed E-state index contributed by atoms with van der Waals surface area (Å²) in [6, 6.07) is 9.81. The zero-order valence-electron chi connectivity index (χ0n) is 9.02. The van der Waals surface area contributed by atoms with Gasteiger partial charge in [0.15, 0.2) is 0 Å². The maximum atomic E-state index is 11.3. The van der Waals surface area contributed by atoms with Gasteiger partial charge in [-0.1, -0.05) is 24.3 Å². The van der Waals surface area contributed by atoms with Crippen LogP contribution in [0.25, 0.3) is 6.08 Å². The first-order chi connectivity index (χ1) is 7.69. The van der Waals surface area contributed by atoms with Crippen molar-refractivity contribution in [2.45, 2.75) is 0 Å². The van der Waals surface area contributed by atoms with Gasteiger partial charge in [0.2, 0.25) is 0 Å². The number of benzene rings is 1. The zero-order valence-corrected chi connectivity index (χ0v) is 9.02. The van der Waals surface area contributed by atoms with Gasteiger partial charge in [0.05, 0.1) is 14.2 Å². The number of ether oxygens (including phenoxy) is 2. The monoisotopic (exact) mass is 219 g/mol. The lowest BCUT2D eigenvalue weighted by atomic mass is 10.1. The molecule has 1 rings (SSSR count). The van der Waals surface area contributed by atoms with E-state index in [9.17, 15) is 9.59 Å². The van der Waals surface area contributed by atoms with E-state index in [1.165, 1.54) is 20.3 Å². The molecule has 4 heteroatoms. The number of methoxy groups -OCH3 is 2. The molecule has 0 spiro atoms. The number of esters is 2. The fourth-order valence-corrected chi connectivity index (χ4v) is 1.07. The highest BCUT2D eigenvalue weighted by Crippen LogP contribution is 2.08. The van der Waals surface area contributed by atoms with Crippen molar-refractivity contribution < 1.29 is 19.1 Å². The molecule has 16 heavy (non-hydrogen) atoms. The van der Waals surface area contributed by atoms with E-state index in [1.807, 2.05) is 0 Å². The van der Waals surface area contributed by atoms with E-state index in [-0.39, 0.29) is 5.57 Å². The van der Waals surface area contributed by atoms with Crippen molar-refractivity contribution in [1.29, 1.82) is 0 Å². The first-order valence-corrected chi connectivity index (χ1v) is 4.54. The molecule has 83 valence electrons. The molecule has 0 N–H and O–H groups in total. The Morgan fingerprint density at radius 1 is 1.19 bits per heavy atom. The van der Waals surface area contributed by atoms with Crippen LogP contribution in [0.3, 0.4) is 0 Å². The van der Waals surface area contributed by atoms with Crippen molar-refractivity contribution in [3.05, 3.63) is 41.5 Å². The molecule has 1 aromatic rings. The van der Waals surface area contributed by atoms with Crippen molar-refractivity contribution in [2.75, 3.05) is 14.2 Å². The summed E-state index contributed by atoms with van der Waals surface area (Å²) in [4.78, 5) is 22.6. The van der Waals surface area contributed by atoms with E-state index in [0.29, 0.717) is 5.56 Å². The SMILES string of the molecule is COC(=O)C(=Cc1[c]cccc1)C(=O)OC. The number of hydrogen-bond acceptors (Lipinski definition) is 4. The Balaban J connectivity index is 3.06. The molecule has 0 atom stereocenters. The molecule has 1 aromatic carbocycles. The highest BCUT2D eigenvalue weighted by atomic mass is 16.5. The molecule has 0 aliphatic carbocycles. The summed E-state index contributed by atoms with van der Waals surface area (Å²) >= 11 is 0. The van der Waals surface area contributed by atoms with E-state index in [0.717, 1.165) is 0 Å². The summed E-state index contributed by atoms with van der Waals surface area (Å²) in [5, 5.41) is 0. The molecule has 4 nitrogen and oxygen atoms in total. The summed E-state index contributed by atoms with van der Waals surface area (Å²) in [6.07, 6.45) is 1.37. The van der Waals surface area contributed by atoms with E-state index in [2.05, 4.69) is 15.5 Å². The Hall–Kier alpha value is -2.10. The molecule has 1 radical (unpaired) electrons. The second-order valence-electron chi connectivity index (χ2n) is 2.86. The van der Waals surface area contributed by atoms with E-state index in [4.69, 9.17) is 0 Å². The van der Waals surface area contributed by atoms with Crippen LogP contribution < -0.4 is 0 Å².